The molecule has 0 saturated heterocycles. The molecule has 0 spiro atoms. The average Bonchev–Trinajstić information content (AvgIpc) is 3.12. The van der Waals surface area contributed by atoms with Crippen molar-refractivity contribution >= 4 is 23.3 Å². The van der Waals surface area contributed by atoms with Crippen LogP contribution in [0.15, 0.2) is 57.2 Å². The van der Waals surface area contributed by atoms with E-state index in [1.54, 1.807) is 11.6 Å². The Morgan fingerprint density at radius 1 is 1.06 bits per heavy atom. The number of phenolic OH excluding ortho intramolecular Hbond substituents is 2. The predicted molar refractivity (Wildman–Crippen MR) is 121 cm³/mol. The molecule has 0 fully saturated rings. The van der Waals surface area contributed by atoms with Crippen molar-refractivity contribution in [3.05, 3.63) is 80.0 Å². The molecule has 10 nitrogen and oxygen atoms in total. The largest absolute Gasteiger partial charge is 0.508 e. The molecule has 10 heteroatoms. The number of nitrogens with zero attached hydrogens (tertiary/aromatic N) is 5. The van der Waals surface area contributed by atoms with Crippen molar-refractivity contribution in [1.29, 1.82) is 0 Å². The summed E-state index contributed by atoms with van der Waals surface area (Å²) in [4.78, 5) is 29.7. The highest BCUT2D eigenvalue weighted by molar-refractivity contribution is 5.84. The highest BCUT2D eigenvalue weighted by Crippen LogP contribution is 2.21. The first-order chi connectivity index (χ1) is 15.3. The SMILES string of the molecule is Cc1ccc(Cn2c(N/N=C/c3ccc(O)cc3O)nc3c2c(=O)n(C)c(=O)n3C)cc1. The van der Waals surface area contributed by atoms with Crippen LogP contribution in [-0.2, 0) is 20.6 Å². The van der Waals surface area contributed by atoms with Gasteiger partial charge in [0.15, 0.2) is 11.2 Å². The van der Waals surface area contributed by atoms with Crippen molar-refractivity contribution in [2.24, 2.45) is 19.2 Å². The number of hydrogen-bond acceptors (Lipinski definition) is 7. The summed E-state index contributed by atoms with van der Waals surface area (Å²) in [7, 11) is 2.97. The van der Waals surface area contributed by atoms with Crippen molar-refractivity contribution < 1.29 is 10.2 Å². The molecule has 0 saturated carbocycles. The van der Waals surface area contributed by atoms with Crippen LogP contribution in [0.5, 0.6) is 11.5 Å². The maximum Gasteiger partial charge on any atom is 0.332 e. The van der Waals surface area contributed by atoms with Crippen LogP contribution < -0.4 is 16.7 Å². The van der Waals surface area contributed by atoms with Gasteiger partial charge in [0, 0.05) is 25.7 Å². The van der Waals surface area contributed by atoms with Gasteiger partial charge in [-0.3, -0.25) is 18.5 Å². The summed E-state index contributed by atoms with van der Waals surface area (Å²) in [5.41, 5.74) is 4.78. The molecule has 0 bridgehead atoms. The molecule has 3 N–H and O–H groups in total. The summed E-state index contributed by atoms with van der Waals surface area (Å²) in [6.45, 7) is 2.31. The minimum atomic E-state index is -0.480. The third-order valence-electron chi connectivity index (χ3n) is 5.19. The molecule has 2 aromatic carbocycles. The van der Waals surface area contributed by atoms with Crippen LogP contribution in [0.2, 0.25) is 0 Å². The fraction of sp³-hybridized carbons (Fsp3) is 0.182. The number of hydrogen-bond donors (Lipinski definition) is 3. The summed E-state index contributed by atoms with van der Waals surface area (Å²) in [6.07, 6.45) is 1.36. The zero-order chi connectivity index (χ0) is 23.0. The fourth-order valence-corrected chi connectivity index (χ4v) is 3.36. The van der Waals surface area contributed by atoms with E-state index in [2.05, 4.69) is 15.5 Å². The first kappa shape index (κ1) is 20.9. The van der Waals surface area contributed by atoms with E-state index in [0.717, 1.165) is 15.7 Å². The van der Waals surface area contributed by atoms with Gasteiger partial charge in [-0.25, -0.2) is 10.2 Å². The Kier molecular flexibility index (Phi) is 5.27. The molecule has 0 atom stereocenters. The maximum atomic E-state index is 12.9. The summed E-state index contributed by atoms with van der Waals surface area (Å²) < 4.78 is 4.01. The van der Waals surface area contributed by atoms with E-state index in [-0.39, 0.29) is 28.6 Å². The molecule has 32 heavy (non-hydrogen) atoms. The molecular formula is C22H22N6O4. The molecule has 4 aromatic rings. The van der Waals surface area contributed by atoms with Gasteiger partial charge in [-0.05, 0) is 24.6 Å². The first-order valence-electron chi connectivity index (χ1n) is 9.79. The van der Waals surface area contributed by atoms with Crippen LogP contribution in [0.4, 0.5) is 5.95 Å². The van der Waals surface area contributed by atoms with Crippen LogP contribution in [-0.4, -0.2) is 35.1 Å². The Hall–Kier alpha value is -4.34. The molecular weight excluding hydrogens is 412 g/mol. The lowest BCUT2D eigenvalue weighted by Gasteiger charge is -2.09. The number of anilines is 1. The van der Waals surface area contributed by atoms with Crippen molar-refractivity contribution in [1.82, 2.24) is 18.7 Å². The number of nitrogens with one attached hydrogen (secondary N) is 1. The van der Waals surface area contributed by atoms with Crippen LogP contribution in [0.3, 0.4) is 0 Å². The topological polar surface area (TPSA) is 127 Å². The summed E-state index contributed by atoms with van der Waals surface area (Å²) in [5, 5.41) is 23.5. The third kappa shape index (κ3) is 3.73. The highest BCUT2D eigenvalue weighted by Gasteiger charge is 2.19. The molecule has 0 aliphatic rings. The maximum absolute atomic E-state index is 12.9. The number of aromatic hydroxyl groups is 2. The minimum absolute atomic E-state index is 0.0655. The molecule has 0 aliphatic heterocycles. The fourth-order valence-electron chi connectivity index (χ4n) is 3.36. The number of imidazole rings is 1. The second-order valence-corrected chi connectivity index (χ2v) is 7.50. The lowest BCUT2D eigenvalue weighted by Crippen LogP contribution is -2.37. The van der Waals surface area contributed by atoms with Gasteiger partial charge in [0.25, 0.3) is 5.56 Å². The molecule has 4 rings (SSSR count). The van der Waals surface area contributed by atoms with Crippen LogP contribution in [0.1, 0.15) is 16.7 Å². The van der Waals surface area contributed by atoms with Crippen molar-refractivity contribution in [2.75, 3.05) is 5.43 Å². The van der Waals surface area contributed by atoms with E-state index in [1.165, 1.54) is 36.0 Å². The zero-order valence-electron chi connectivity index (χ0n) is 17.8. The number of aryl methyl sites for hydroxylation is 2. The first-order valence-corrected chi connectivity index (χ1v) is 9.79. The van der Waals surface area contributed by atoms with Gasteiger partial charge in [-0.2, -0.15) is 10.1 Å². The summed E-state index contributed by atoms with van der Waals surface area (Å²) in [5.74, 6) is 0.0534. The number of fused-ring (bicyclic) bond motifs is 1. The lowest BCUT2D eigenvalue weighted by atomic mass is 10.1. The van der Waals surface area contributed by atoms with E-state index in [9.17, 15) is 19.8 Å². The van der Waals surface area contributed by atoms with E-state index in [0.29, 0.717) is 12.1 Å². The van der Waals surface area contributed by atoms with E-state index >= 15 is 0 Å². The van der Waals surface area contributed by atoms with Gasteiger partial charge >= 0.3 is 5.69 Å². The third-order valence-corrected chi connectivity index (χ3v) is 5.19. The number of phenols is 2. The average molecular weight is 434 g/mol. The summed E-state index contributed by atoms with van der Waals surface area (Å²) in [6, 6.07) is 12.0. The standard InChI is InChI=1S/C22H22N6O4/c1-13-4-6-14(7-5-13)12-28-18-19(26(2)22(32)27(3)20(18)31)24-21(28)25-23-11-15-8-9-16(29)10-17(15)30/h4-11,29-30H,12H2,1-3H3,(H,24,25)/b23-11+. The highest BCUT2D eigenvalue weighted by atomic mass is 16.3. The number of aromatic nitrogens is 4. The van der Waals surface area contributed by atoms with Crippen LogP contribution >= 0.6 is 0 Å². The van der Waals surface area contributed by atoms with Gasteiger partial charge < -0.3 is 10.2 Å². The van der Waals surface area contributed by atoms with Gasteiger partial charge in [-0.1, -0.05) is 29.8 Å². The Morgan fingerprint density at radius 3 is 2.47 bits per heavy atom. The Balaban J connectivity index is 1.81. The predicted octanol–water partition coefficient (Wildman–Crippen LogP) is 1.65. The second kappa shape index (κ2) is 8.06. The zero-order valence-corrected chi connectivity index (χ0v) is 17.8. The van der Waals surface area contributed by atoms with Crippen LogP contribution in [0.25, 0.3) is 11.2 Å². The molecule has 164 valence electrons. The minimum Gasteiger partial charge on any atom is -0.508 e. The number of rotatable bonds is 5. The molecule has 0 radical (unpaired) electrons. The number of benzene rings is 2. The van der Waals surface area contributed by atoms with Gasteiger partial charge in [0.2, 0.25) is 5.95 Å². The molecule has 0 unspecified atom stereocenters. The summed E-state index contributed by atoms with van der Waals surface area (Å²) >= 11 is 0. The molecule has 2 aromatic heterocycles. The monoisotopic (exact) mass is 434 g/mol. The van der Waals surface area contributed by atoms with E-state index in [1.807, 2.05) is 31.2 Å². The van der Waals surface area contributed by atoms with Gasteiger partial charge in [0.1, 0.15) is 11.5 Å². The van der Waals surface area contributed by atoms with Gasteiger partial charge in [0.05, 0.1) is 12.8 Å². The molecule has 0 amide bonds. The van der Waals surface area contributed by atoms with Crippen molar-refractivity contribution in [3.63, 3.8) is 0 Å². The van der Waals surface area contributed by atoms with Gasteiger partial charge in [-0.15, -0.1) is 0 Å². The molecule has 2 heterocycles. The Morgan fingerprint density at radius 2 is 1.78 bits per heavy atom. The second-order valence-electron chi connectivity index (χ2n) is 7.50. The lowest BCUT2D eigenvalue weighted by molar-refractivity contribution is 0.450. The Bertz CT molecular complexity index is 1460. The van der Waals surface area contributed by atoms with Crippen molar-refractivity contribution in [2.45, 2.75) is 13.5 Å². The quantitative estimate of drug-likeness (QED) is 0.324. The normalized spacial score (nSPS) is 11.5. The number of hydrazone groups is 1. The van der Waals surface area contributed by atoms with E-state index in [4.69, 9.17) is 0 Å². The molecule has 0 aliphatic carbocycles. The van der Waals surface area contributed by atoms with E-state index < -0.39 is 11.2 Å². The smallest absolute Gasteiger partial charge is 0.332 e. The Labute approximate surface area is 182 Å². The van der Waals surface area contributed by atoms with Crippen LogP contribution in [0, 0.1) is 6.92 Å². The van der Waals surface area contributed by atoms with Crippen molar-refractivity contribution in [3.8, 4) is 11.5 Å².